The molecule has 1 aliphatic heterocycles. The minimum absolute atomic E-state index is 0.141. The van der Waals surface area contributed by atoms with Crippen molar-refractivity contribution >= 4 is 11.8 Å². The number of benzene rings is 1. The van der Waals surface area contributed by atoms with Crippen molar-refractivity contribution in [2.75, 3.05) is 32.9 Å². The summed E-state index contributed by atoms with van der Waals surface area (Å²) in [5.74, 6) is -0.0415. The summed E-state index contributed by atoms with van der Waals surface area (Å²) in [7, 11) is 0. The maximum atomic E-state index is 12.3. The summed E-state index contributed by atoms with van der Waals surface area (Å²) in [5.41, 5.74) is 1.92. The fourth-order valence-electron chi connectivity index (χ4n) is 2.79. The van der Waals surface area contributed by atoms with Crippen molar-refractivity contribution in [1.29, 1.82) is 0 Å². The van der Waals surface area contributed by atoms with Crippen LogP contribution in [-0.4, -0.2) is 49.6 Å². The Morgan fingerprint density at radius 1 is 1.17 bits per heavy atom. The van der Waals surface area contributed by atoms with Crippen LogP contribution >= 0.6 is 0 Å². The van der Waals surface area contributed by atoms with Gasteiger partial charge in [0.2, 0.25) is 0 Å². The molecule has 132 valence electrons. The Morgan fingerprint density at radius 3 is 2.67 bits per heavy atom. The van der Waals surface area contributed by atoms with Crippen LogP contribution in [0, 0.1) is 0 Å². The summed E-state index contributed by atoms with van der Waals surface area (Å²) >= 11 is 0. The Hall–Kier alpha value is -1.72. The van der Waals surface area contributed by atoms with Crippen LogP contribution in [0.1, 0.15) is 48.5 Å². The second-order valence-electron chi connectivity index (χ2n) is 6.02. The number of Topliss-reactive ketones (excluding diaryl/α,β-unsaturated/α-hetero) is 1. The number of morpholine rings is 1. The van der Waals surface area contributed by atoms with Crippen LogP contribution in [0.3, 0.4) is 0 Å². The summed E-state index contributed by atoms with van der Waals surface area (Å²) < 4.78 is 10.2. The van der Waals surface area contributed by atoms with Crippen molar-refractivity contribution in [3.63, 3.8) is 0 Å². The van der Waals surface area contributed by atoms with E-state index in [-0.39, 0.29) is 11.8 Å². The van der Waals surface area contributed by atoms with Crippen molar-refractivity contribution in [2.45, 2.75) is 39.2 Å². The number of ether oxygens (including phenoxy) is 2. The van der Waals surface area contributed by atoms with Gasteiger partial charge in [0.05, 0.1) is 19.8 Å². The summed E-state index contributed by atoms with van der Waals surface area (Å²) in [6, 6.07) is 7.87. The zero-order valence-electron chi connectivity index (χ0n) is 14.5. The van der Waals surface area contributed by atoms with E-state index in [4.69, 9.17) is 9.47 Å². The van der Waals surface area contributed by atoms with Crippen molar-refractivity contribution in [3.05, 3.63) is 35.4 Å². The first-order chi connectivity index (χ1) is 11.7. The van der Waals surface area contributed by atoms with E-state index in [9.17, 15) is 9.59 Å². The lowest BCUT2D eigenvalue weighted by molar-refractivity contribution is -0.143. The van der Waals surface area contributed by atoms with Crippen LogP contribution in [0.15, 0.2) is 24.3 Å². The molecular weight excluding hydrogens is 306 g/mol. The molecule has 1 aromatic rings. The van der Waals surface area contributed by atoms with Crippen molar-refractivity contribution in [3.8, 4) is 0 Å². The molecule has 1 saturated heterocycles. The Bertz CT molecular complexity index is 538. The number of rotatable bonds is 9. The third kappa shape index (κ3) is 6.42. The van der Waals surface area contributed by atoms with Gasteiger partial charge < -0.3 is 9.47 Å². The lowest BCUT2D eigenvalue weighted by Crippen LogP contribution is -2.35. The molecule has 0 atom stereocenters. The van der Waals surface area contributed by atoms with Crippen LogP contribution in [-0.2, 0) is 20.8 Å². The third-order valence-electron chi connectivity index (χ3n) is 4.10. The van der Waals surface area contributed by atoms with Crippen LogP contribution in [0.5, 0.6) is 0 Å². The lowest BCUT2D eigenvalue weighted by Gasteiger charge is -2.26. The first-order valence-corrected chi connectivity index (χ1v) is 8.77. The maximum Gasteiger partial charge on any atom is 0.305 e. The standard InChI is InChI=1S/C19H27NO4/c1-2-24-19(22)9-4-3-8-18(21)17-7-5-6-16(14-17)15-20-10-12-23-13-11-20/h5-7,14H,2-4,8-13,15H2,1H3. The molecule has 24 heavy (non-hydrogen) atoms. The normalized spacial score (nSPS) is 15.2. The van der Waals surface area contributed by atoms with Crippen LogP contribution in [0.4, 0.5) is 0 Å². The largest absolute Gasteiger partial charge is 0.466 e. The van der Waals surface area contributed by atoms with E-state index >= 15 is 0 Å². The smallest absolute Gasteiger partial charge is 0.305 e. The highest BCUT2D eigenvalue weighted by atomic mass is 16.5. The number of ketones is 1. The van der Waals surface area contributed by atoms with Crippen LogP contribution in [0.25, 0.3) is 0 Å². The molecule has 0 radical (unpaired) electrons. The van der Waals surface area contributed by atoms with Gasteiger partial charge in [-0.1, -0.05) is 18.2 Å². The SMILES string of the molecule is CCOC(=O)CCCCC(=O)c1cccc(CN2CCOCC2)c1. The topological polar surface area (TPSA) is 55.8 Å². The van der Waals surface area contributed by atoms with Gasteiger partial charge in [0.1, 0.15) is 0 Å². The number of nitrogens with zero attached hydrogens (tertiary/aromatic N) is 1. The number of carbonyl (C=O) groups excluding carboxylic acids is 2. The summed E-state index contributed by atoms with van der Waals surface area (Å²) in [5, 5.41) is 0. The van der Waals surface area contributed by atoms with Gasteiger partial charge >= 0.3 is 5.97 Å². The molecule has 0 saturated carbocycles. The third-order valence-corrected chi connectivity index (χ3v) is 4.10. The average Bonchev–Trinajstić information content (AvgIpc) is 2.60. The van der Waals surface area contributed by atoms with Crippen molar-refractivity contribution in [1.82, 2.24) is 4.90 Å². The minimum Gasteiger partial charge on any atom is -0.466 e. The lowest BCUT2D eigenvalue weighted by atomic mass is 10.0. The van der Waals surface area contributed by atoms with Gasteiger partial charge in [-0.05, 0) is 31.4 Å². The first-order valence-electron chi connectivity index (χ1n) is 8.77. The van der Waals surface area contributed by atoms with Gasteiger partial charge in [0, 0.05) is 38.0 Å². The fourth-order valence-corrected chi connectivity index (χ4v) is 2.79. The average molecular weight is 333 g/mol. The monoisotopic (exact) mass is 333 g/mol. The quantitative estimate of drug-likeness (QED) is 0.395. The maximum absolute atomic E-state index is 12.3. The number of carbonyl (C=O) groups is 2. The van der Waals surface area contributed by atoms with Gasteiger partial charge in [0.15, 0.2) is 5.78 Å². The second kappa shape index (κ2) is 10.2. The molecular formula is C19H27NO4. The summed E-state index contributed by atoms with van der Waals surface area (Å²) in [6.45, 7) is 6.49. The first kappa shape index (κ1) is 18.6. The second-order valence-corrected chi connectivity index (χ2v) is 6.02. The summed E-state index contributed by atoms with van der Waals surface area (Å²) in [6.07, 6.45) is 2.27. The van der Waals surface area contributed by atoms with E-state index in [1.54, 1.807) is 6.92 Å². The van der Waals surface area contributed by atoms with E-state index in [1.165, 1.54) is 0 Å². The van der Waals surface area contributed by atoms with Crippen molar-refractivity contribution in [2.24, 2.45) is 0 Å². The molecule has 0 amide bonds. The van der Waals surface area contributed by atoms with E-state index in [0.717, 1.165) is 44.0 Å². The molecule has 0 bridgehead atoms. The van der Waals surface area contributed by atoms with E-state index in [0.29, 0.717) is 32.3 Å². The van der Waals surface area contributed by atoms with Crippen LogP contribution < -0.4 is 0 Å². The van der Waals surface area contributed by atoms with E-state index in [2.05, 4.69) is 11.0 Å². The zero-order valence-corrected chi connectivity index (χ0v) is 14.5. The zero-order chi connectivity index (χ0) is 17.2. The molecule has 0 aliphatic carbocycles. The molecule has 5 heteroatoms. The molecule has 0 N–H and O–H groups in total. The predicted molar refractivity (Wildman–Crippen MR) is 92.0 cm³/mol. The summed E-state index contributed by atoms with van der Waals surface area (Å²) in [4.78, 5) is 25.9. The fraction of sp³-hybridized carbons (Fsp3) is 0.579. The number of hydrogen-bond acceptors (Lipinski definition) is 5. The van der Waals surface area contributed by atoms with Crippen LogP contribution in [0.2, 0.25) is 0 Å². The molecule has 1 aromatic carbocycles. The van der Waals surface area contributed by atoms with Gasteiger partial charge in [-0.2, -0.15) is 0 Å². The van der Waals surface area contributed by atoms with Gasteiger partial charge in [0.25, 0.3) is 0 Å². The Labute approximate surface area is 143 Å². The molecule has 5 nitrogen and oxygen atoms in total. The molecule has 0 spiro atoms. The van der Waals surface area contributed by atoms with Gasteiger partial charge in [-0.25, -0.2) is 0 Å². The highest BCUT2D eigenvalue weighted by Gasteiger charge is 2.12. The predicted octanol–water partition coefficient (Wildman–Crippen LogP) is 2.83. The molecule has 2 rings (SSSR count). The molecule has 0 aromatic heterocycles. The highest BCUT2D eigenvalue weighted by Crippen LogP contribution is 2.13. The number of hydrogen-bond donors (Lipinski definition) is 0. The highest BCUT2D eigenvalue weighted by molar-refractivity contribution is 5.96. The van der Waals surface area contributed by atoms with Crippen molar-refractivity contribution < 1.29 is 19.1 Å². The molecule has 0 unspecified atom stereocenters. The number of unbranched alkanes of at least 4 members (excludes halogenated alkanes) is 1. The Morgan fingerprint density at radius 2 is 1.92 bits per heavy atom. The van der Waals surface area contributed by atoms with Gasteiger partial charge in [-0.3, -0.25) is 14.5 Å². The molecule has 1 aliphatic rings. The van der Waals surface area contributed by atoms with Gasteiger partial charge in [-0.15, -0.1) is 0 Å². The van der Waals surface area contributed by atoms with E-state index in [1.807, 2.05) is 18.2 Å². The molecule has 1 fully saturated rings. The number of esters is 1. The minimum atomic E-state index is -0.183. The Balaban J connectivity index is 1.77. The van der Waals surface area contributed by atoms with E-state index < -0.39 is 0 Å². The molecule has 1 heterocycles. The Kier molecular flexibility index (Phi) is 7.92.